The fraction of sp³-hybridized carbons (Fsp3) is 0.867. The highest BCUT2D eigenvalue weighted by Gasteiger charge is 2.32. The summed E-state index contributed by atoms with van der Waals surface area (Å²) in [6.07, 6.45) is 6.71. The fourth-order valence-corrected chi connectivity index (χ4v) is 2.16. The number of carbonyl (C=O) groups excluding carboxylic acids is 1. The molecule has 0 saturated heterocycles. The minimum atomic E-state index is -0.365. The molecule has 0 aromatic heterocycles. The second-order valence-corrected chi connectivity index (χ2v) is 5.52. The first-order valence-electron chi connectivity index (χ1n) is 8.14. The lowest BCUT2D eigenvalue weighted by Crippen LogP contribution is -2.40. The smallest absolute Gasteiger partial charge is 0.407 e. The number of ether oxygens (including phenoxy) is 1. The molecule has 0 aliphatic heterocycles. The summed E-state index contributed by atoms with van der Waals surface area (Å²) in [7, 11) is 0. The highest BCUT2D eigenvalue weighted by atomic mass is 16.5. The number of amides is 1. The quantitative estimate of drug-likeness (QED) is 0.327. The molecule has 1 atom stereocenters. The Morgan fingerprint density at radius 2 is 2.10 bits per heavy atom. The molecule has 1 aliphatic rings. The predicted molar refractivity (Wildman–Crippen MR) is 85.3 cm³/mol. The van der Waals surface area contributed by atoms with Gasteiger partial charge < -0.3 is 21.1 Å². The second kappa shape index (κ2) is 10.3. The second-order valence-electron chi connectivity index (χ2n) is 5.52. The molecule has 0 bridgehead atoms. The maximum Gasteiger partial charge on any atom is 0.407 e. The molecule has 21 heavy (non-hydrogen) atoms. The largest absolute Gasteiger partial charge is 0.450 e. The van der Waals surface area contributed by atoms with Crippen LogP contribution in [0.25, 0.3) is 0 Å². The zero-order valence-corrected chi connectivity index (χ0v) is 13.4. The van der Waals surface area contributed by atoms with Gasteiger partial charge in [-0.1, -0.05) is 26.2 Å². The number of alkyl carbamates (subject to hydrolysis) is 1. The van der Waals surface area contributed by atoms with Gasteiger partial charge in [-0.25, -0.2) is 4.79 Å². The van der Waals surface area contributed by atoms with Crippen LogP contribution in [0.2, 0.25) is 0 Å². The van der Waals surface area contributed by atoms with Gasteiger partial charge in [-0.2, -0.15) is 0 Å². The number of aliphatic imine (C=N–C) groups is 1. The summed E-state index contributed by atoms with van der Waals surface area (Å²) in [5.74, 6) is 0.971. The molecule has 1 unspecified atom stereocenters. The van der Waals surface area contributed by atoms with Crippen molar-refractivity contribution in [3.63, 3.8) is 0 Å². The van der Waals surface area contributed by atoms with Crippen molar-refractivity contribution in [2.24, 2.45) is 16.6 Å². The van der Waals surface area contributed by atoms with Crippen LogP contribution in [0.15, 0.2) is 4.99 Å². The maximum absolute atomic E-state index is 11.5. The summed E-state index contributed by atoms with van der Waals surface area (Å²) in [5, 5.41) is 5.99. The van der Waals surface area contributed by atoms with Crippen molar-refractivity contribution in [1.29, 1.82) is 0 Å². The number of unbranched alkanes of at least 4 members (excludes halogenated alkanes) is 3. The molecule has 1 fully saturated rings. The Balaban J connectivity index is 2.24. The molecule has 1 amide bonds. The van der Waals surface area contributed by atoms with Crippen molar-refractivity contribution < 1.29 is 9.53 Å². The molecule has 0 aromatic rings. The molecule has 0 radical (unpaired) electrons. The zero-order valence-electron chi connectivity index (χ0n) is 13.4. The minimum Gasteiger partial charge on any atom is -0.450 e. The van der Waals surface area contributed by atoms with Gasteiger partial charge in [0.15, 0.2) is 5.96 Å². The Hall–Kier alpha value is -1.46. The lowest BCUT2D eigenvalue weighted by molar-refractivity contribution is 0.147. The topological polar surface area (TPSA) is 88.7 Å². The molecule has 4 N–H and O–H groups in total. The van der Waals surface area contributed by atoms with Gasteiger partial charge in [0.25, 0.3) is 0 Å². The van der Waals surface area contributed by atoms with Gasteiger partial charge in [0.1, 0.15) is 0 Å². The van der Waals surface area contributed by atoms with Gasteiger partial charge in [0.2, 0.25) is 0 Å². The average molecular weight is 298 g/mol. The maximum atomic E-state index is 11.5. The summed E-state index contributed by atoms with van der Waals surface area (Å²) < 4.78 is 4.91. The number of nitrogens with one attached hydrogen (secondary N) is 2. The lowest BCUT2D eigenvalue weighted by atomic mass is 10.2. The van der Waals surface area contributed by atoms with Crippen LogP contribution < -0.4 is 16.4 Å². The molecule has 0 heterocycles. The van der Waals surface area contributed by atoms with E-state index in [1.54, 1.807) is 6.92 Å². The van der Waals surface area contributed by atoms with Gasteiger partial charge in [0.05, 0.1) is 19.2 Å². The van der Waals surface area contributed by atoms with Crippen molar-refractivity contribution in [2.75, 3.05) is 19.7 Å². The van der Waals surface area contributed by atoms with E-state index < -0.39 is 0 Å². The first-order valence-corrected chi connectivity index (χ1v) is 8.14. The van der Waals surface area contributed by atoms with Crippen LogP contribution in [-0.4, -0.2) is 37.8 Å². The summed E-state index contributed by atoms with van der Waals surface area (Å²) in [4.78, 5) is 15.8. The third kappa shape index (κ3) is 8.42. The molecule has 0 spiro atoms. The first kappa shape index (κ1) is 17.6. The van der Waals surface area contributed by atoms with E-state index >= 15 is 0 Å². The summed E-state index contributed by atoms with van der Waals surface area (Å²) in [6.45, 7) is 5.74. The first-order chi connectivity index (χ1) is 10.2. The average Bonchev–Trinajstić information content (AvgIpc) is 3.28. The normalized spacial score (nSPS) is 16.4. The molecular formula is C15H30N4O2. The third-order valence-electron chi connectivity index (χ3n) is 3.56. The predicted octanol–water partition coefficient (Wildman–Crippen LogP) is 2.00. The molecule has 1 rings (SSSR count). The molecule has 122 valence electrons. The van der Waals surface area contributed by atoms with Crippen molar-refractivity contribution in [1.82, 2.24) is 10.6 Å². The van der Waals surface area contributed by atoms with Crippen molar-refractivity contribution >= 4 is 12.1 Å². The van der Waals surface area contributed by atoms with Crippen LogP contribution in [0.3, 0.4) is 0 Å². The number of hydrogen-bond donors (Lipinski definition) is 3. The van der Waals surface area contributed by atoms with Crippen LogP contribution in [0, 0.1) is 5.92 Å². The van der Waals surface area contributed by atoms with Gasteiger partial charge >= 0.3 is 6.09 Å². The van der Waals surface area contributed by atoms with Crippen LogP contribution in [0.4, 0.5) is 4.79 Å². The van der Waals surface area contributed by atoms with E-state index in [0.29, 0.717) is 25.0 Å². The van der Waals surface area contributed by atoms with Crippen molar-refractivity contribution in [2.45, 2.75) is 58.4 Å². The van der Waals surface area contributed by atoms with Gasteiger partial charge in [-0.15, -0.1) is 0 Å². The van der Waals surface area contributed by atoms with Gasteiger partial charge in [0, 0.05) is 6.54 Å². The summed E-state index contributed by atoms with van der Waals surface area (Å²) in [5.41, 5.74) is 5.84. The lowest BCUT2D eigenvalue weighted by Gasteiger charge is -2.16. The van der Waals surface area contributed by atoms with Crippen LogP contribution >= 0.6 is 0 Å². The van der Waals surface area contributed by atoms with Gasteiger partial charge in [-0.3, -0.25) is 4.99 Å². The third-order valence-corrected chi connectivity index (χ3v) is 3.56. The Morgan fingerprint density at radius 3 is 2.71 bits per heavy atom. The number of guanidine groups is 1. The highest BCUT2D eigenvalue weighted by molar-refractivity contribution is 5.77. The number of nitrogens with zero attached hydrogens (tertiary/aromatic N) is 1. The number of hydrogen-bond acceptors (Lipinski definition) is 3. The molecule has 6 heteroatoms. The van der Waals surface area contributed by atoms with Crippen LogP contribution in [-0.2, 0) is 4.74 Å². The van der Waals surface area contributed by atoms with E-state index in [1.165, 1.54) is 19.3 Å². The van der Waals surface area contributed by atoms with E-state index in [9.17, 15) is 4.79 Å². The van der Waals surface area contributed by atoms with Crippen LogP contribution in [0.1, 0.15) is 52.4 Å². The fourth-order valence-electron chi connectivity index (χ4n) is 2.16. The van der Waals surface area contributed by atoms with Gasteiger partial charge in [-0.05, 0) is 32.1 Å². The van der Waals surface area contributed by atoms with Crippen molar-refractivity contribution in [3.8, 4) is 0 Å². The molecule has 1 saturated carbocycles. The van der Waals surface area contributed by atoms with E-state index in [0.717, 1.165) is 25.8 Å². The molecule has 1 aliphatic carbocycles. The van der Waals surface area contributed by atoms with E-state index in [-0.39, 0.29) is 12.1 Å². The minimum absolute atomic E-state index is 0.0319. The van der Waals surface area contributed by atoms with Crippen molar-refractivity contribution in [3.05, 3.63) is 0 Å². The molecular weight excluding hydrogens is 268 g/mol. The molecule has 6 nitrogen and oxygen atoms in total. The monoisotopic (exact) mass is 298 g/mol. The standard InChI is InChI=1S/C15H30N4O2/c1-3-5-6-7-10-17-14(16)18-11-13(12-8-9-12)19-15(20)21-4-2/h12-13H,3-11H2,1-2H3,(H,19,20)(H3,16,17,18). The van der Waals surface area contributed by atoms with E-state index in [1.807, 2.05) is 0 Å². The summed E-state index contributed by atoms with van der Waals surface area (Å²) >= 11 is 0. The van der Waals surface area contributed by atoms with Crippen LogP contribution in [0.5, 0.6) is 0 Å². The number of rotatable bonds is 10. The number of carbonyl (C=O) groups is 1. The Kier molecular flexibility index (Phi) is 8.62. The summed E-state index contributed by atoms with van der Waals surface area (Å²) in [6, 6.07) is 0.0319. The number of nitrogens with two attached hydrogens (primary N) is 1. The Labute approximate surface area is 127 Å². The molecule has 0 aromatic carbocycles. The SMILES string of the molecule is CCCCCCNC(N)=NCC(NC(=O)OCC)C1CC1. The Bertz CT molecular complexity index is 330. The zero-order chi connectivity index (χ0) is 15.5. The van der Waals surface area contributed by atoms with E-state index in [2.05, 4.69) is 22.5 Å². The highest BCUT2D eigenvalue weighted by Crippen LogP contribution is 2.32. The van der Waals surface area contributed by atoms with E-state index in [4.69, 9.17) is 10.5 Å². The Morgan fingerprint density at radius 1 is 1.33 bits per heavy atom.